The van der Waals surface area contributed by atoms with Crippen LogP contribution in [0.3, 0.4) is 0 Å². The van der Waals surface area contributed by atoms with Crippen LogP contribution in [0, 0.1) is 18.3 Å². The summed E-state index contributed by atoms with van der Waals surface area (Å²) < 4.78 is 0. The second kappa shape index (κ2) is 5.57. The molecule has 0 saturated heterocycles. The standard InChI is InChI=1S/C15H13ClN2/c1-11-4-2-7-14(8-11)18-15(10-17)12-5-3-6-13(16)9-12/h2-9,15,18H,1H3. The van der Waals surface area contributed by atoms with Crippen molar-refractivity contribution in [3.05, 3.63) is 64.7 Å². The van der Waals surface area contributed by atoms with E-state index in [1.165, 1.54) is 0 Å². The van der Waals surface area contributed by atoms with Crippen LogP contribution in [0.25, 0.3) is 0 Å². The van der Waals surface area contributed by atoms with Crippen LogP contribution in [-0.2, 0) is 0 Å². The summed E-state index contributed by atoms with van der Waals surface area (Å²) in [5.41, 5.74) is 2.95. The second-order valence-corrected chi connectivity index (χ2v) is 4.57. The zero-order valence-corrected chi connectivity index (χ0v) is 10.8. The van der Waals surface area contributed by atoms with Gasteiger partial charge in [-0.15, -0.1) is 0 Å². The largest absolute Gasteiger partial charge is 0.366 e. The van der Waals surface area contributed by atoms with Crippen molar-refractivity contribution in [1.29, 1.82) is 5.26 Å². The van der Waals surface area contributed by atoms with E-state index in [0.29, 0.717) is 5.02 Å². The highest BCUT2D eigenvalue weighted by atomic mass is 35.5. The summed E-state index contributed by atoms with van der Waals surface area (Å²) in [6.45, 7) is 2.02. The Morgan fingerprint density at radius 1 is 1.17 bits per heavy atom. The maximum atomic E-state index is 9.25. The van der Waals surface area contributed by atoms with Gasteiger partial charge >= 0.3 is 0 Å². The van der Waals surface area contributed by atoms with Gasteiger partial charge in [-0.2, -0.15) is 5.26 Å². The van der Waals surface area contributed by atoms with Crippen LogP contribution in [0.4, 0.5) is 5.69 Å². The fourth-order valence-electron chi connectivity index (χ4n) is 1.78. The van der Waals surface area contributed by atoms with E-state index in [1.54, 1.807) is 12.1 Å². The molecule has 0 amide bonds. The topological polar surface area (TPSA) is 35.8 Å². The minimum absolute atomic E-state index is 0.398. The smallest absolute Gasteiger partial charge is 0.140 e. The van der Waals surface area contributed by atoms with Gasteiger partial charge in [0.05, 0.1) is 6.07 Å². The SMILES string of the molecule is Cc1cccc(NC(C#N)c2cccc(Cl)c2)c1. The monoisotopic (exact) mass is 256 g/mol. The zero-order valence-electron chi connectivity index (χ0n) is 10.0. The quantitative estimate of drug-likeness (QED) is 0.887. The lowest BCUT2D eigenvalue weighted by atomic mass is 10.1. The molecule has 2 aromatic carbocycles. The molecule has 0 aromatic heterocycles. The van der Waals surface area contributed by atoms with Gasteiger partial charge in [-0.25, -0.2) is 0 Å². The van der Waals surface area contributed by atoms with Crippen LogP contribution < -0.4 is 5.32 Å². The lowest BCUT2D eigenvalue weighted by Gasteiger charge is -2.14. The molecule has 2 aromatic rings. The summed E-state index contributed by atoms with van der Waals surface area (Å²) in [5.74, 6) is 0. The maximum absolute atomic E-state index is 9.25. The molecule has 0 aliphatic rings. The third kappa shape index (κ3) is 3.03. The van der Waals surface area contributed by atoms with E-state index < -0.39 is 6.04 Å². The van der Waals surface area contributed by atoms with Gasteiger partial charge in [0.1, 0.15) is 6.04 Å². The van der Waals surface area contributed by atoms with Gasteiger partial charge in [0.15, 0.2) is 0 Å². The van der Waals surface area contributed by atoms with Crippen molar-refractivity contribution >= 4 is 17.3 Å². The Morgan fingerprint density at radius 3 is 2.61 bits per heavy atom. The minimum atomic E-state index is -0.398. The van der Waals surface area contributed by atoms with Crippen LogP contribution in [0.1, 0.15) is 17.2 Å². The molecule has 0 spiro atoms. The summed E-state index contributed by atoms with van der Waals surface area (Å²) in [6, 6.07) is 17.1. The van der Waals surface area contributed by atoms with E-state index in [0.717, 1.165) is 16.8 Å². The highest BCUT2D eigenvalue weighted by Crippen LogP contribution is 2.22. The third-order valence-electron chi connectivity index (χ3n) is 2.64. The Kier molecular flexibility index (Phi) is 3.86. The molecule has 2 rings (SSSR count). The first kappa shape index (κ1) is 12.5. The first-order valence-electron chi connectivity index (χ1n) is 5.67. The molecule has 0 aliphatic heterocycles. The molecule has 1 N–H and O–H groups in total. The molecule has 18 heavy (non-hydrogen) atoms. The van der Waals surface area contributed by atoms with E-state index in [9.17, 15) is 5.26 Å². The first-order chi connectivity index (χ1) is 8.69. The first-order valence-corrected chi connectivity index (χ1v) is 6.05. The summed E-state index contributed by atoms with van der Waals surface area (Å²) in [4.78, 5) is 0. The number of hydrogen-bond acceptors (Lipinski definition) is 2. The minimum Gasteiger partial charge on any atom is -0.366 e. The number of halogens is 1. The van der Waals surface area contributed by atoms with E-state index in [1.807, 2.05) is 43.3 Å². The van der Waals surface area contributed by atoms with Gasteiger partial charge < -0.3 is 5.32 Å². The van der Waals surface area contributed by atoms with Crippen molar-refractivity contribution in [1.82, 2.24) is 0 Å². The van der Waals surface area contributed by atoms with Crippen LogP contribution in [-0.4, -0.2) is 0 Å². The molecule has 2 nitrogen and oxygen atoms in total. The molecule has 0 bridgehead atoms. The molecule has 90 valence electrons. The molecule has 0 saturated carbocycles. The van der Waals surface area contributed by atoms with Crippen molar-refractivity contribution in [2.24, 2.45) is 0 Å². The van der Waals surface area contributed by atoms with Crippen LogP contribution >= 0.6 is 11.6 Å². The van der Waals surface area contributed by atoms with Crippen molar-refractivity contribution in [3.63, 3.8) is 0 Å². The number of aryl methyl sites for hydroxylation is 1. The molecule has 0 fully saturated rings. The lowest BCUT2D eigenvalue weighted by molar-refractivity contribution is 0.997. The van der Waals surface area contributed by atoms with E-state index in [2.05, 4.69) is 11.4 Å². The van der Waals surface area contributed by atoms with Gasteiger partial charge in [0.25, 0.3) is 0 Å². The second-order valence-electron chi connectivity index (χ2n) is 4.13. The Morgan fingerprint density at radius 2 is 1.94 bits per heavy atom. The van der Waals surface area contributed by atoms with Gasteiger partial charge in [0, 0.05) is 10.7 Å². The van der Waals surface area contributed by atoms with E-state index in [-0.39, 0.29) is 0 Å². The maximum Gasteiger partial charge on any atom is 0.140 e. The van der Waals surface area contributed by atoms with Gasteiger partial charge in [-0.1, -0.05) is 35.9 Å². The third-order valence-corrected chi connectivity index (χ3v) is 2.88. The predicted molar refractivity (Wildman–Crippen MR) is 74.6 cm³/mol. The molecule has 0 radical (unpaired) electrons. The number of nitriles is 1. The highest BCUT2D eigenvalue weighted by Gasteiger charge is 2.10. The molecule has 1 unspecified atom stereocenters. The molecule has 3 heteroatoms. The number of hydrogen-bond donors (Lipinski definition) is 1. The summed E-state index contributed by atoms with van der Waals surface area (Å²) in [7, 11) is 0. The average Bonchev–Trinajstić information content (AvgIpc) is 2.36. The average molecular weight is 257 g/mol. The number of anilines is 1. The van der Waals surface area contributed by atoms with E-state index >= 15 is 0 Å². The number of nitrogens with zero attached hydrogens (tertiary/aromatic N) is 1. The van der Waals surface area contributed by atoms with Crippen molar-refractivity contribution < 1.29 is 0 Å². The Balaban J connectivity index is 2.23. The van der Waals surface area contributed by atoms with Crippen LogP contribution in [0.15, 0.2) is 48.5 Å². The fourth-order valence-corrected chi connectivity index (χ4v) is 1.98. The Labute approximate surface area is 112 Å². The fraction of sp³-hybridized carbons (Fsp3) is 0.133. The number of rotatable bonds is 3. The molecule has 1 atom stereocenters. The summed E-state index contributed by atoms with van der Waals surface area (Å²) in [6.07, 6.45) is 0. The van der Waals surface area contributed by atoms with Crippen molar-refractivity contribution in [2.75, 3.05) is 5.32 Å². The Bertz CT molecular complexity index is 587. The molecular formula is C15H13ClN2. The van der Waals surface area contributed by atoms with Crippen LogP contribution in [0.5, 0.6) is 0 Å². The zero-order chi connectivity index (χ0) is 13.0. The van der Waals surface area contributed by atoms with Gasteiger partial charge in [-0.05, 0) is 42.3 Å². The highest BCUT2D eigenvalue weighted by molar-refractivity contribution is 6.30. The summed E-state index contributed by atoms with van der Waals surface area (Å²) >= 11 is 5.94. The van der Waals surface area contributed by atoms with Crippen molar-refractivity contribution in [3.8, 4) is 6.07 Å². The van der Waals surface area contributed by atoms with Crippen LogP contribution in [0.2, 0.25) is 5.02 Å². The van der Waals surface area contributed by atoms with Gasteiger partial charge in [0.2, 0.25) is 0 Å². The number of benzene rings is 2. The number of nitrogens with one attached hydrogen (secondary N) is 1. The van der Waals surface area contributed by atoms with Crippen molar-refractivity contribution in [2.45, 2.75) is 13.0 Å². The molecular weight excluding hydrogens is 244 g/mol. The lowest BCUT2D eigenvalue weighted by Crippen LogP contribution is -2.08. The van der Waals surface area contributed by atoms with Gasteiger partial charge in [-0.3, -0.25) is 0 Å². The Hall–Kier alpha value is -1.98. The predicted octanol–water partition coefficient (Wildman–Crippen LogP) is 4.33. The normalized spacial score (nSPS) is 11.6. The molecule has 0 heterocycles. The summed E-state index contributed by atoms with van der Waals surface area (Å²) in [5, 5.41) is 13.1. The molecule has 0 aliphatic carbocycles. The van der Waals surface area contributed by atoms with E-state index in [4.69, 9.17) is 11.6 Å².